The van der Waals surface area contributed by atoms with E-state index in [1.807, 2.05) is 0 Å². The predicted molar refractivity (Wildman–Crippen MR) is 65.5 cm³/mol. The maximum atomic E-state index is 12.2. The summed E-state index contributed by atoms with van der Waals surface area (Å²) in [7, 11) is 1.53. The number of amides is 1. The Morgan fingerprint density at radius 3 is 2.79 bits per heavy atom. The Morgan fingerprint density at radius 2 is 2.16 bits per heavy atom. The van der Waals surface area contributed by atoms with E-state index < -0.39 is 17.1 Å². The molecule has 0 radical (unpaired) electrons. The number of aromatic nitrogens is 1. The van der Waals surface area contributed by atoms with Crippen molar-refractivity contribution >= 4 is 12.2 Å². The van der Waals surface area contributed by atoms with E-state index in [9.17, 15) is 19.5 Å². The van der Waals surface area contributed by atoms with Crippen LogP contribution in [-0.2, 0) is 11.3 Å². The van der Waals surface area contributed by atoms with Crippen molar-refractivity contribution in [1.29, 1.82) is 0 Å². The minimum absolute atomic E-state index is 0.0713. The van der Waals surface area contributed by atoms with Gasteiger partial charge in [-0.1, -0.05) is 0 Å². The second kappa shape index (κ2) is 5.23. The molecule has 0 fully saturated rings. The van der Waals surface area contributed by atoms with E-state index >= 15 is 0 Å². The lowest BCUT2D eigenvalue weighted by atomic mass is 10.1. The van der Waals surface area contributed by atoms with Crippen molar-refractivity contribution in [1.82, 2.24) is 9.47 Å². The number of aldehydes is 1. The highest BCUT2D eigenvalue weighted by Crippen LogP contribution is 2.19. The van der Waals surface area contributed by atoms with Crippen LogP contribution in [0, 0.1) is 0 Å². The Bertz CT molecular complexity index is 578. The summed E-state index contributed by atoms with van der Waals surface area (Å²) < 4.78 is 6.34. The van der Waals surface area contributed by atoms with Crippen LogP contribution in [0.15, 0.2) is 11.0 Å². The summed E-state index contributed by atoms with van der Waals surface area (Å²) in [6.07, 6.45) is 1.67. The molecule has 1 aromatic heterocycles. The van der Waals surface area contributed by atoms with Crippen LogP contribution in [0.2, 0.25) is 0 Å². The minimum Gasteiger partial charge on any atom is -0.503 e. The summed E-state index contributed by atoms with van der Waals surface area (Å²) in [4.78, 5) is 36.0. The normalized spacial score (nSPS) is 14.4. The van der Waals surface area contributed by atoms with Crippen LogP contribution in [0.4, 0.5) is 0 Å². The van der Waals surface area contributed by atoms with Gasteiger partial charge < -0.3 is 19.3 Å². The number of nitrogens with zero attached hydrogens (tertiary/aromatic N) is 2. The molecule has 0 saturated carbocycles. The van der Waals surface area contributed by atoms with Gasteiger partial charge in [0.1, 0.15) is 0 Å². The molecule has 0 bridgehead atoms. The van der Waals surface area contributed by atoms with Crippen molar-refractivity contribution in [2.24, 2.45) is 0 Å². The molecule has 0 unspecified atom stereocenters. The summed E-state index contributed by atoms with van der Waals surface area (Å²) in [5, 5.41) is 9.80. The van der Waals surface area contributed by atoms with Crippen LogP contribution in [0.25, 0.3) is 0 Å². The SMILES string of the molecule is COCCN1CCn2cc(C=O)c(=O)c(O)c2C1=O. The van der Waals surface area contributed by atoms with Crippen LogP contribution >= 0.6 is 0 Å². The summed E-state index contributed by atoms with van der Waals surface area (Å²) in [5.74, 6) is -1.10. The van der Waals surface area contributed by atoms with Crippen molar-refractivity contribution in [3.05, 3.63) is 27.7 Å². The van der Waals surface area contributed by atoms with Crippen molar-refractivity contribution < 1.29 is 19.4 Å². The molecule has 0 aliphatic carbocycles. The number of methoxy groups -OCH3 is 1. The molecule has 1 N–H and O–H groups in total. The molecule has 19 heavy (non-hydrogen) atoms. The second-order valence-corrected chi connectivity index (χ2v) is 4.21. The molecule has 7 heteroatoms. The third-order valence-electron chi connectivity index (χ3n) is 3.08. The molecule has 2 rings (SSSR count). The highest BCUT2D eigenvalue weighted by molar-refractivity contribution is 5.96. The lowest BCUT2D eigenvalue weighted by Crippen LogP contribution is -2.43. The molecule has 0 atom stereocenters. The van der Waals surface area contributed by atoms with Crippen LogP contribution < -0.4 is 5.43 Å². The zero-order chi connectivity index (χ0) is 14.0. The average molecular weight is 266 g/mol. The van der Waals surface area contributed by atoms with Gasteiger partial charge in [0.15, 0.2) is 17.7 Å². The number of fused-ring (bicyclic) bond motifs is 1. The van der Waals surface area contributed by atoms with E-state index in [2.05, 4.69) is 0 Å². The lowest BCUT2D eigenvalue weighted by Gasteiger charge is -2.30. The third-order valence-corrected chi connectivity index (χ3v) is 3.08. The van der Waals surface area contributed by atoms with Crippen molar-refractivity contribution in [2.75, 3.05) is 26.8 Å². The molecule has 7 nitrogen and oxygen atoms in total. The Morgan fingerprint density at radius 1 is 1.42 bits per heavy atom. The van der Waals surface area contributed by atoms with Crippen LogP contribution in [0.3, 0.4) is 0 Å². The number of rotatable bonds is 4. The Balaban J connectivity index is 2.44. The monoisotopic (exact) mass is 266 g/mol. The minimum atomic E-state index is -0.816. The second-order valence-electron chi connectivity index (χ2n) is 4.21. The zero-order valence-corrected chi connectivity index (χ0v) is 10.5. The molecule has 0 aromatic carbocycles. The van der Waals surface area contributed by atoms with Gasteiger partial charge in [-0.05, 0) is 0 Å². The number of hydrogen-bond donors (Lipinski definition) is 1. The van der Waals surface area contributed by atoms with Gasteiger partial charge >= 0.3 is 0 Å². The number of carbonyl (C=O) groups excluding carboxylic acids is 2. The number of carbonyl (C=O) groups is 2. The molecule has 102 valence electrons. The largest absolute Gasteiger partial charge is 0.503 e. The first kappa shape index (κ1) is 13.3. The first-order chi connectivity index (χ1) is 9.10. The molecule has 1 aromatic rings. The Kier molecular flexibility index (Phi) is 3.66. The van der Waals surface area contributed by atoms with Gasteiger partial charge in [0, 0.05) is 32.9 Å². The van der Waals surface area contributed by atoms with Gasteiger partial charge in [0.25, 0.3) is 5.91 Å². The highest BCUT2D eigenvalue weighted by atomic mass is 16.5. The standard InChI is InChI=1S/C12H14N2O5/c1-19-5-4-13-2-3-14-6-8(7-15)10(16)11(17)9(14)12(13)18/h6-7,17H,2-5H2,1H3. The Labute approximate surface area is 109 Å². The fraction of sp³-hybridized carbons (Fsp3) is 0.417. The van der Waals surface area contributed by atoms with Crippen molar-refractivity contribution in [2.45, 2.75) is 6.54 Å². The molecule has 1 aliphatic heterocycles. The van der Waals surface area contributed by atoms with Crippen LogP contribution in [-0.4, -0.2) is 53.6 Å². The third kappa shape index (κ3) is 2.24. The maximum absolute atomic E-state index is 12.2. The van der Waals surface area contributed by atoms with Gasteiger partial charge in [0.05, 0.1) is 12.2 Å². The van der Waals surface area contributed by atoms with Crippen molar-refractivity contribution in [3.8, 4) is 5.75 Å². The molecular formula is C12H14N2O5. The number of pyridine rings is 1. The number of ether oxygens (including phenoxy) is 1. The summed E-state index contributed by atoms with van der Waals surface area (Å²) >= 11 is 0. The zero-order valence-electron chi connectivity index (χ0n) is 10.5. The first-order valence-corrected chi connectivity index (χ1v) is 5.80. The molecule has 1 aliphatic rings. The van der Waals surface area contributed by atoms with E-state index in [0.717, 1.165) is 0 Å². The topological polar surface area (TPSA) is 88.8 Å². The first-order valence-electron chi connectivity index (χ1n) is 5.80. The molecule has 2 heterocycles. The van der Waals surface area contributed by atoms with Gasteiger partial charge in [-0.3, -0.25) is 14.4 Å². The van der Waals surface area contributed by atoms with E-state index in [4.69, 9.17) is 4.74 Å². The van der Waals surface area contributed by atoms with E-state index in [0.29, 0.717) is 32.5 Å². The fourth-order valence-corrected chi connectivity index (χ4v) is 2.05. The van der Waals surface area contributed by atoms with E-state index in [-0.39, 0.29) is 11.3 Å². The maximum Gasteiger partial charge on any atom is 0.274 e. The summed E-state index contributed by atoms with van der Waals surface area (Å²) in [6, 6.07) is 0. The van der Waals surface area contributed by atoms with E-state index in [1.54, 1.807) is 0 Å². The Hall–Kier alpha value is -2.15. The van der Waals surface area contributed by atoms with Gasteiger partial charge in [-0.25, -0.2) is 0 Å². The number of aromatic hydroxyl groups is 1. The lowest BCUT2D eigenvalue weighted by molar-refractivity contribution is 0.0633. The van der Waals surface area contributed by atoms with Gasteiger partial charge in [-0.15, -0.1) is 0 Å². The van der Waals surface area contributed by atoms with Crippen LogP contribution in [0.1, 0.15) is 20.8 Å². The highest BCUT2D eigenvalue weighted by Gasteiger charge is 2.29. The fourth-order valence-electron chi connectivity index (χ4n) is 2.05. The number of hydrogen-bond acceptors (Lipinski definition) is 5. The smallest absolute Gasteiger partial charge is 0.274 e. The molecule has 0 spiro atoms. The quantitative estimate of drug-likeness (QED) is 0.740. The summed E-state index contributed by atoms with van der Waals surface area (Å²) in [6.45, 7) is 1.62. The van der Waals surface area contributed by atoms with Gasteiger partial charge in [0.2, 0.25) is 5.43 Å². The molecule has 0 saturated heterocycles. The van der Waals surface area contributed by atoms with Gasteiger partial charge in [-0.2, -0.15) is 0 Å². The molecular weight excluding hydrogens is 252 g/mol. The predicted octanol–water partition coefficient (Wildman–Crippen LogP) is -0.531. The van der Waals surface area contributed by atoms with Crippen molar-refractivity contribution in [3.63, 3.8) is 0 Å². The summed E-state index contributed by atoms with van der Waals surface area (Å²) in [5.41, 5.74) is -1.04. The van der Waals surface area contributed by atoms with E-state index in [1.165, 1.54) is 22.8 Å². The van der Waals surface area contributed by atoms with Crippen LogP contribution in [0.5, 0.6) is 5.75 Å². The average Bonchev–Trinajstić information content (AvgIpc) is 2.41. The molecule has 1 amide bonds.